The highest BCUT2D eigenvalue weighted by atomic mass is 32.2. The molecular formula is C9H13NS. The van der Waals surface area contributed by atoms with Gasteiger partial charge in [-0.2, -0.15) is 0 Å². The Labute approximate surface area is 72.2 Å². The highest BCUT2D eigenvalue weighted by Crippen LogP contribution is 2.14. The minimum atomic E-state index is 1.07. The lowest BCUT2D eigenvalue weighted by atomic mass is 10.2. The summed E-state index contributed by atoms with van der Waals surface area (Å²) in [6, 6.07) is 4.23. The average molecular weight is 167 g/mol. The summed E-state index contributed by atoms with van der Waals surface area (Å²) >= 11 is 1.78. The number of nitrogens with zero attached hydrogens (tertiary/aromatic N) is 1. The number of thioether (sulfide) groups is 1. The molecule has 0 unspecified atom stereocenters. The third kappa shape index (κ3) is 2.54. The summed E-state index contributed by atoms with van der Waals surface area (Å²) in [4.78, 5) is 4.30. The van der Waals surface area contributed by atoms with Crippen molar-refractivity contribution in [1.82, 2.24) is 4.98 Å². The molecule has 1 rings (SSSR count). The predicted octanol–water partition coefficient (Wildman–Crippen LogP) is 2.76. The summed E-state index contributed by atoms with van der Waals surface area (Å²) < 4.78 is 0. The summed E-state index contributed by atoms with van der Waals surface area (Å²) in [6.45, 7) is 4.28. The SMILES string of the molecule is CCSc1ccc(CC)cn1. The summed E-state index contributed by atoms with van der Waals surface area (Å²) in [6.07, 6.45) is 3.03. The summed E-state index contributed by atoms with van der Waals surface area (Å²) in [7, 11) is 0. The maximum Gasteiger partial charge on any atom is 0.0959 e. The van der Waals surface area contributed by atoms with E-state index < -0.39 is 0 Å². The Kier molecular flexibility index (Phi) is 3.43. The maximum absolute atomic E-state index is 4.30. The Balaban J connectivity index is 2.66. The first-order valence-corrected chi connectivity index (χ1v) is 4.93. The zero-order valence-electron chi connectivity index (χ0n) is 7.00. The number of aryl methyl sites for hydroxylation is 1. The van der Waals surface area contributed by atoms with Crippen LogP contribution in [0.25, 0.3) is 0 Å². The zero-order valence-corrected chi connectivity index (χ0v) is 7.82. The third-order valence-corrected chi connectivity index (χ3v) is 2.32. The Morgan fingerprint density at radius 3 is 2.64 bits per heavy atom. The zero-order chi connectivity index (χ0) is 8.10. The van der Waals surface area contributed by atoms with E-state index in [1.807, 2.05) is 6.20 Å². The maximum atomic E-state index is 4.30. The van der Waals surface area contributed by atoms with Gasteiger partial charge in [-0.3, -0.25) is 0 Å². The van der Waals surface area contributed by atoms with Crippen LogP contribution in [-0.4, -0.2) is 10.7 Å². The Morgan fingerprint density at radius 2 is 2.18 bits per heavy atom. The van der Waals surface area contributed by atoms with Gasteiger partial charge in [0.25, 0.3) is 0 Å². The van der Waals surface area contributed by atoms with Gasteiger partial charge in [0.05, 0.1) is 5.03 Å². The van der Waals surface area contributed by atoms with Crippen molar-refractivity contribution in [3.63, 3.8) is 0 Å². The van der Waals surface area contributed by atoms with Crippen molar-refractivity contribution in [2.24, 2.45) is 0 Å². The predicted molar refractivity (Wildman–Crippen MR) is 50.0 cm³/mol. The van der Waals surface area contributed by atoms with E-state index in [2.05, 4.69) is 31.0 Å². The van der Waals surface area contributed by atoms with Crippen LogP contribution < -0.4 is 0 Å². The van der Waals surface area contributed by atoms with Gasteiger partial charge in [0.15, 0.2) is 0 Å². The molecule has 1 aromatic rings. The minimum Gasteiger partial charge on any atom is -0.250 e. The van der Waals surface area contributed by atoms with Crippen LogP contribution in [0.1, 0.15) is 19.4 Å². The van der Waals surface area contributed by atoms with Crippen LogP contribution in [-0.2, 0) is 6.42 Å². The summed E-state index contributed by atoms with van der Waals surface area (Å²) in [5.41, 5.74) is 1.31. The first kappa shape index (κ1) is 8.60. The highest BCUT2D eigenvalue weighted by molar-refractivity contribution is 7.99. The molecule has 0 bridgehead atoms. The molecule has 60 valence electrons. The minimum absolute atomic E-state index is 1.07. The lowest BCUT2D eigenvalue weighted by Gasteiger charge is -1.98. The number of aromatic nitrogens is 1. The molecule has 0 atom stereocenters. The van der Waals surface area contributed by atoms with Crippen LogP contribution in [0.4, 0.5) is 0 Å². The van der Waals surface area contributed by atoms with Crippen LogP contribution in [0.5, 0.6) is 0 Å². The molecule has 0 saturated carbocycles. The fourth-order valence-electron chi connectivity index (χ4n) is 0.853. The molecular weight excluding hydrogens is 154 g/mol. The topological polar surface area (TPSA) is 12.9 Å². The number of hydrogen-bond donors (Lipinski definition) is 0. The molecule has 0 aliphatic carbocycles. The molecule has 0 amide bonds. The van der Waals surface area contributed by atoms with Crippen molar-refractivity contribution >= 4 is 11.8 Å². The molecule has 0 aromatic carbocycles. The van der Waals surface area contributed by atoms with Crippen LogP contribution in [0.2, 0.25) is 0 Å². The fourth-order valence-corrected chi connectivity index (χ4v) is 1.44. The average Bonchev–Trinajstić information content (AvgIpc) is 2.07. The van der Waals surface area contributed by atoms with E-state index in [-0.39, 0.29) is 0 Å². The molecule has 0 aliphatic rings. The molecule has 2 heteroatoms. The molecule has 0 radical (unpaired) electrons. The molecule has 0 aliphatic heterocycles. The monoisotopic (exact) mass is 167 g/mol. The number of hydrogen-bond acceptors (Lipinski definition) is 2. The van der Waals surface area contributed by atoms with Gasteiger partial charge in [0, 0.05) is 6.20 Å². The van der Waals surface area contributed by atoms with E-state index in [0.29, 0.717) is 0 Å². The molecule has 1 heterocycles. The molecule has 11 heavy (non-hydrogen) atoms. The number of rotatable bonds is 3. The molecule has 0 saturated heterocycles. The van der Waals surface area contributed by atoms with E-state index in [4.69, 9.17) is 0 Å². The first-order valence-electron chi connectivity index (χ1n) is 3.94. The Bertz CT molecular complexity index is 205. The van der Waals surface area contributed by atoms with Gasteiger partial charge in [0.2, 0.25) is 0 Å². The van der Waals surface area contributed by atoms with Gasteiger partial charge in [0.1, 0.15) is 0 Å². The van der Waals surface area contributed by atoms with Crippen molar-refractivity contribution in [1.29, 1.82) is 0 Å². The molecule has 0 fully saturated rings. The largest absolute Gasteiger partial charge is 0.250 e. The highest BCUT2D eigenvalue weighted by Gasteiger charge is 1.92. The quantitative estimate of drug-likeness (QED) is 0.642. The van der Waals surface area contributed by atoms with Crippen LogP contribution in [0.15, 0.2) is 23.4 Å². The standard InChI is InChI=1S/C9H13NS/c1-3-8-5-6-9(10-7-8)11-4-2/h5-7H,3-4H2,1-2H3. The Morgan fingerprint density at radius 1 is 1.36 bits per heavy atom. The van der Waals surface area contributed by atoms with Gasteiger partial charge >= 0.3 is 0 Å². The van der Waals surface area contributed by atoms with Crippen LogP contribution in [0.3, 0.4) is 0 Å². The van der Waals surface area contributed by atoms with Crippen LogP contribution >= 0.6 is 11.8 Å². The summed E-state index contributed by atoms with van der Waals surface area (Å²) in [5, 5.41) is 1.13. The van der Waals surface area contributed by atoms with E-state index in [1.54, 1.807) is 11.8 Å². The van der Waals surface area contributed by atoms with E-state index in [1.165, 1.54) is 5.56 Å². The normalized spacial score (nSPS) is 10.0. The van der Waals surface area contributed by atoms with Gasteiger partial charge < -0.3 is 0 Å². The van der Waals surface area contributed by atoms with Crippen molar-refractivity contribution in [2.45, 2.75) is 25.3 Å². The van der Waals surface area contributed by atoms with Gasteiger partial charge in [-0.1, -0.05) is 19.9 Å². The molecule has 1 aromatic heterocycles. The first-order chi connectivity index (χ1) is 5.36. The number of pyridine rings is 1. The second-order valence-corrected chi connectivity index (χ2v) is 3.58. The van der Waals surface area contributed by atoms with Crippen LogP contribution in [0, 0.1) is 0 Å². The van der Waals surface area contributed by atoms with Gasteiger partial charge in [-0.05, 0) is 23.8 Å². The molecule has 0 N–H and O–H groups in total. The van der Waals surface area contributed by atoms with Crippen molar-refractivity contribution in [2.75, 3.05) is 5.75 Å². The Hall–Kier alpha value is -0.500. The van der Waals surface area contributed by atoms with Gasteiger partial charge in [-0.15, -0.1) is 11.8 Å². The van der Waals surface area contributed by atoms with Crippen molar-refractivity contribution < 1.29 is 0 Å². The van der Waals surface area contributed by atoms with E-state index >= 15 is 0 Å². The lowest BCUT2D eigenvalue weighted by molar-refractivity contribution is 1.05. The van der Waals surface area contributed by atoms with E-state index in [0.717, 1.165) is 17.2 Å². The third-order valence-electron chi connectivity index (χ3n) is 1.50. The fraction of sp³-hybridized carbons (Fsp3) is 0.444. The second-order valence-electron chi connectivity index (χ2n) is 2.29. The van der Waals surface area contributed by atoms with E-state index in [9.17, 15) is 0 Å². The molecule has 0 spiro atoms. The smallest absolute Gasteiger partial charge is 0.0959 e. The lowest BCUT2D eigenvalue weighted by Crippen LogP contribution is -1.84. The van der Waals surface area contributed by atoms with Gasteiger partial charge in [-0.25, -0.2) is 4.98 Å². The second kappa shape index (κ2) is 4.39. The van der Waals surface area contributed by atoms with Crippen molar-refractivity contribution in [3.8, 4) is 0 Å². The molecule has 1 nitrogen and oxygen atoms in total. The summed E-state index contributed by atoms with van der Waals surface area (Å²) in [5.74, 6) is 1.10. The van der Waals surface area contributed by atoms with Crippen molar-refractivity contribution in [3.05, 3.63) is 23.9 Å².